The molecule has 0 atom stereocenters. The predicted molar refractivity (Wildman–Crippen MR) is 86.0 cm³/mol. The molecule has 3 amide bonds. The molecule has 2 N–H and O–H groups in total. The molecule has 1 aromatic heterocycles. The minimum Gasteiger partial charge on any atom is -0.451 e. The lowest BCUT2D eigenvalue weighted by Gasteiger charge is -2.20. The summed E-state index contributed by atoms with van der Waals surface area (Å²) in [5.41, 5.74) is -0.800. The summed E-state index contributed by atoms with van der Waals surface area (Å²) in [6.07, 6.45) is 1.13. The molecule has 1 heterocycles. The lowest BCUT2D eigenvalue weighted by atomic mass is 10.1. The number of esters is 1. The van der Waals surface area contributed by atoms with Crippen LogP contribution in [-0.2, 0) is 9.53 Å². The number of ether oxygens (including phenoxy) is 1. The third-order valence-electron chi connectivity index (χ3n) is 2.19. The van der Waals surface area contributed by atoms with Gasteiger partial charge in [-0.25, -0.2) is 14.6 Å². The lowest BCUT2D eigenvalue weighted by Crippen LogP contribution is -2.49. The Morgan fingerprint density at radius 2 is 1.78 bits per heavy atom. The van der Waals surface area contributed by atoms with Gasteiger partial charge in [0.25, 0.3) is 5.91 Å². The number of hydrogen-bond donors (Lipinski definition) is 2. The molecule has 126 valence electrons. The highest BCUT2D eigenvalue weighted by atomic mass is 35.5. The van der Waals surface area contributed by atoms with Gasteiger partial charge < -0.3 is 10.1 Å². The number of amides is 3. The highest BCUT2D eigenvalue weighted by Gasteiger charge is 2.20. The van der Waals surface area contributed by atoms with E-state index in [4.69, 9.17) is 39.5 Å². The van der Waals surface area contributed by atoms with Crippen molar-refractivity contribution in [2.24, 2.45) is 0 Å². The monoisotopic (exact) mass is 381 g/mol. The molecule has 0 unspecified atom stereocenters. The van der Waals surface area contributed by atoms with Crippen LogP contribution in [0.2, 0.25) is 15.1 Å². The largest absolute Gasteiger partial charge is 0.451 e. The molecule has 0 aromatic carbocycles. The first-order valence-electron chi connectivity index (χ1n) is 6.30. The summed E-state index contributed by atoms with van der Waals surface area (Å²) in [6, 6.07) is -0.704. The van der Waals surface area contributed by atoms with Crippen LogP contribution in [0.4, 0.5) is 4.79 Å². The van der Waals surface area contributed by atoms with Gasteiger partial charge in [0.15, 0.2) is 12.3 Å². The highest BCUT2D eigenvalue weighted by molar-refractivity contribution is 6.48. The summed E-state index contributed by atoms with van der Waals surface area (Å²) in [7, 11) is 0. The quantitative estimate of drug-likeness (QED) is 0.783. The number of carbonyl (C=O) groups excluding carboxylic acids is 3. The van der Waals surface area contributed by atoms with Crippen molar-refractivity contribution in [1.29, 1.82) is 0 Å². The van der Waals surface area contributed by atoms with E-state index in [1.165, 1.54) is 0 Å². The van der Waals surface area contributed by atoms with Crippen molar-refractivity contribution in [2.75, 3.05) is 6.61 Å². The zero-order chi connectivity index (χ0) is 17.8. The Labute approximate surface area is 147 Å². The maximum absolute atomic E-state index is 11.8. The number of nitrogens with one attached hydrogen (secondary N) is 2. The van der Waals surface area contributed by atoms with Gasteiger partial charge in [-0.1, -0.05) is 34.8 Å². The average molecular weight is 383 g/mol. The topological polar surface area (TPSA) is 97.4 Å². The number of carbonyl (C=O) groups is 3. The number of pyridine rings is 1. The van der Waals surface area contributed by atoms with E-state index < -0.39 is 30.1 Å². The van der Waals surface area contributed by atoms with Crippen molar-refractivity contribution in [3.63, 3.8) is 0 Å². The van der Waals surface area contributed by atoms with Gasteiger partial charge in [0.1, 0.15) is 0 Å². The van der Waals surface area contributed by atoms with Gasteiger partial charge >= 0.3 is 12.0 Å². The number of nitrogens with zero attached hydrogens (tertiary/aromatic N) is 1. The molecule has 0 aliphatic heterocycles. The van der Waals surface area contributed by atoms with Crippen LogP contribution in [0.15, 0.2) is 6.20 Å². The molecule has 0 radical (unpaired) electrons. The molecule has 10 heteroatoms. The molecular formula is C13H14Cl3N3O4. The second kappa shape index (κ2) is 7.81. The SMILES string of the molecule is CC(C)(C)NC(=O)NC(=O)COC(=O)c1ncc(Cl)c(Cl)c1Cl. The maximum atomic E-state index is 11.8. The van der Waals surface area contributed by atoms with Gasteiger partial charge in [0, 0.05) is 11.7 Å². The summed E-state index contributed by atoms with van der Waals surface area (Å²) >= 11 is 17.3. The number of hydrogen-bond acceptors (Lipinski definition) is 5. The Bertz CT molecular complexity index is 644. The van der Waals surface area contributed by atoms with Crippen LogP contribution in [0.3, 0.4) is 0 Å². The van der Waals surface area contributed by atoms with E-state index in [-0.39, 0.29) is 20.8 Å². The van der Waals surface area contributed by atoms with Gasteiger partial charge in [-0.15, -0.1) is 0 Å². The predicted octanol–water partition coefficient (Wildman–Crippen LogP) is 2.82. The van der Waals surface area contributed by atoms with Crippen molar-refractivity contribution in [3.05, 3.63) is 27.0 Å². The second-order valence-corrected chi connectivity index (χ2v) is 6.57. The minimum atomic E-state index is -0.972. The van der Waals surface area contributed by atoms with E-state index in [1.54, 1.807) is 20.8 Å². The highest BCUT2D eigenvalue weighted by Crippen LogP contribution is 2.31. The fourth-order valence-electron chi connectivity index (χ4n) is 1.32. The molecule has 23 heavy (non-hydrogen) atoms. The van der Waals surface area contributed by atoms with E-state index in [9.17, 15) is 14.4 Å². The van der Waals surface area contributed by atoms with Crippen LogP contribution >= 0.6 is 34.8 Å². The third-order valence-corrected chi connectivity index (χ3v) is 3.43. The number of rotatable bonds is 3. The third kappa shape index (κ3) is 6.21. The van der Waals surface area contributed by atoms with Gasteiger partial charge in [-0.2, -0.15) is 0 Å². The van der Waals surface area contributed by atoms with Gasteiger partial charge in [-0.3, -0.25) is 10.1 Å². The van der Waals surface area contributed by atoms with Crippen LogP contribution < -0.4 is 10.6 Å². The van der Waals surface area contributed by atoms with E-state index in [1.807, 2.05) is 5.32 Å². The van der Waals surface area contributed by atoms with Crippen LogP contribution in [0.1, 0.15) is 31.3 Å². The fraction of sp³-hybridized carbons (Fsp3) is 0.385. The molecule has 7 nitrogen and oxygen atoms in total. The van der Waals surface area contributed by atoms with Crippen molar-refractivity contribution >= 4 is 52.7 Å². The first kappa shape index (κ1) is 19.5. The van der Waals surface area contributed by atoms with E-state index in [2.05, 4.69) is 10.3 Å². The number of urea groups is 1. The fourth-order valence-corrected chi connectivity index (χ4v) is 1.88. The summed E-state index contributed by atoms with van der Waals surface area (Å²) in [6.45, 7) is 4.55. The van der Waals surface area contributed by atoms with Crippen molar-refractivity contribution in [2.45, 2.75) is 26.3 Å². The average Bonchev–Trinajstić information content (AvgIpc) is 2.40. The Balaban J connectivity index is 2.58. The van der Waals surface area contributed by atoms with Crippen LogP contribution in [0.25, 0.3) is 0 Å². The summed E-state index contributed by atoms with van der Waals surface area (Å²) in [4.78, 5) is 38.5. The van der Waals surface area contributed by atoms with E-state index >= 15 is 0 Å². The van der Waals surface area contributed by atoms with E-state index in [0.717, 1.165) is 6.20 Å². The Hall–Kier alpha value is -1.57. The molecule has 0 spiro atoms. The lowest BCUT2D eigenvalue weighted by molar-refractivity contribution is -0.123. The van der Waals surface area contributed by atoms with E-state index in [0.29, 0.717) is 0 Å². The number of imide groups is 1. The Kier molecular flexibility index (Phi) is 6.61. The number of aromatic nitrogens is 1. The minimum absolute atomic E-state index is 0.0516. The van der Waals surface area contributed by atoms with Crippen molar-refractivity contribution < 1.29 is 19.1 Å². The summed E-state index contributed by atoms with van der Waals surface area (Å²) in [5.74, 6) is -1.78. The first-order valence-corrected chi connectivity index (χ1v) is 7.43. The standard InChI is InChI=1S/C13H14Cl3N3O4/c1-13(2,3)19-12(22)18-7(20)5-23-11(21)10-9(16)8(15)6(14)4-17-10/h4H,5H2,1-3H3,(H2,18,19,20,22). The molecule has 0 saturated heterocycles. The van der Waals surface area contributed by atoms with Crippen LogP contribution in [-0.4, -0.2) is 35.0 Å². The van der Waals surface area contributed by atoms with Gasteiger partial charge in [0.2, 0.25) is 0 Å². The number of halogens is 3. The Morgan fingerprint density at radius 3 is 2.35 bits per heavy atom. The molecule has 0 fully saturated rings. The molecule has 0 saturated carbocycles. The zero-order valence-corrected chi connectivity index (χ0v) is 14.8. The zero-order valence-electron chi connectivity index (χ0n) is 12.5. The Morgan fingerprint density at radius 1 is 1.17 bits per heavy atom. The molecule has 0 aliphatic rings. The normalized spacial score (nSPS) is 10.9. The maximum Gasteiger partial charge on any atom is 0.359 e. The van der Waals surface area contributed by atoms with Crippen LogP contribution in [0, 0.1) is 0 Å². The van der Waals surface area contributed by atoms with Crippen molar-refractivity contribution in [3.8, 4) is 0 Å². The molecule has 0 aliphatic carbocycles. The summed E-state index contributed by atoms with van der Waals surface area (Å²) in [5, 5.41) is 4.36. The molecule has 0 bridgehead atoms. The van der Waals surface area contributed by atoms with Crippen molar-refractivity contribution in [1.82, 2.24) is 15.6 Å². The smallest absolute Gasteiger partial charge is 0.359 e. The second-order valence-electron chi connectivity index (χ2n) is 5.41. The molecule has 1 aromatic rings. The molecular weight excluding hydrogens is 369 g/mol. The first-order chi connectivity index (χ1) is 10.5. The van der Waals surface area contributed by atoms with Gasteiger partial charge in [0.05, 0.1) is 15.1 Å². The van der Waals surface area contributed by atoms with Crippen LogP contribution in [0.5, 0.6) is 0 Å². The van der Waals surface area contributed by atoms with Gasteiger partial charge in [-0.05, 0) is 20.8 Å². The summed E-state index contributed by atoms with van der Waals surface area (Å²) < 4.78 is 4.72. The molecule has 1 rings (SSSR count).